The molecule has 0 saturated heterocycles. The Balaban J connectivity index is 2.59. The van der Waals surface area contributed by atoms with Gasteiger partial charge in [0.2, 0.25) is 0 Å². The first-order valence-corrected chi connectivity index (χ1v) is 5.92. The van der Waals surface area contributed by atoms with E-state index < -0.39 is 0 Å². The Hall–Kier alpha value is -1.38. The molecule has 2 nitrogen and oxygen atoms in total. The van der Waals surface area contributed by atoms with Crippen molar-refractivity contribution in [3.63, 3.8) is 0 Å². The van der Waals surface area contributed by atoms with E-state index in [4.69, 9.17) is 5.11 Å². The number of aliphatic hydroxyl groups excluding tert-OH is 1. The van der Waals surface area contributed by atoms with Gasteiger partial charge in [-0.2, -0.15) is 0 Å². The van der Waals surface area contributed by atoms with Crippen molar-refractivity contribution in [1.82, 2.24) is 4.90 Å². The van der Waals surface area contributed by atoms with Crippen molar-refractivity contribution in [1.29, 1.82) is 0 Å². The summed E-state index contributed by atoms with van der Waals surface area (Å²) in [6.45, 7) is 8.38. The first-order valence-electron chi connectivity index (χ1n) is 5.92. The molecule has 1 N–H and O–H groups in total. The second-order valence-electron chi connectivity index (χ2n) is 4.15. The fourth-order valence-electron chi connectivity index (χ4n) is 1.79. The van der Waals surface area contributed by atoms with Gasteiger partial charge < -0.3 is 5.11 Å². The standard InChI is InChI=1S/C15H21NO/c1-3-9-16(10-11-17)13-14(2)12-15-7-5-4-6-8-15/h3-8,12,17H,1,9-11,13H2,2H3/b14-12-. The van der Waals surface area contributed by atoms with E-state index in [1.54, 1.807) is 0 Å². The van der Waals surface area contributed by atoms with Crippen LogP contribution in [0.25, 0.3) is 6.08 Å². The molecule has 0 spiro atoms. The van der Waals surface area contributed by atoms with Gasteiger partial charge in [0.15, 0.2) is 0 Å². The molecule has 0 heterocycles. The highest BCUT2D eigenvalue weighted by Gasteiger charge is 2.02. The fraction of sp³-hybridized carbons (Fsp3) is 0.333. The molecule has 92 valence electrons. The molecule has 1 aromatic carbocycles. The third-order valence-corrected chi connectivity index (χ3v) is 2.49. The predicted octanol–water partition coefficient (Wildman–Crippen LogP) is 2.57. The minimum atomic E-state index is 0.187. The van der Waals surface area contributed by atoms with E-state index in [2.05, 4.69) is 36.6 Å². The number of benzene rings is 1. The monoisotopic (exact) mass is 231 g/mol. The molecular formula is C15H21NO. The Morgan fingerprint density at radius 2 is 2.06 bits per heavy atom. The third kappa shape index (κ3) is 5.48. The van der Waals surface area contributed by atoms with Gasteiger partial charge in [0.25, 0.3) is 0 Å². The summed E-state index contributed by atoms with van der Waals surface area (Å²) in [5.41, 5.74) is 2.50. The summed E-state index contributed by atoms with van der Waals surface area (Å²) in [5.74, 6) is 0. The average Bonchev–Trinajstić information content (AvgIpc) is 2.30. The van der Waals surface area contributed by atoms with Gasteiger partial charge in [0, 0.05) is 19.6 Å². The second-order valence-corrected chi connectivity index (χ2v) is 4.15. The molecule has 2 heteroatoms. The Bertz CT molecular complexity index is 356. The van der Waals surface area contributed by atoms with E-state index >= 15 is 0 Å². The molecule has 0 fully saturated rings. The normalized spacial score (nSPS) is 11.8. The van der Waals surface area contributed by atoms with Crippen molar-refractivity contribution in [2.45, 2.75) is 6.92 Å². The highest BCUT2D eigenvalue weighted by molar-refractivity contribution is 5.52. The van der Waals surface area contributed by atoms with E-state index in [9.17, 15) is 0 Å². The first kappa shape index (κ1) is 13.7. The van der Waals surface area contributed by atoms with Gasteiger partial charge in [-0.25, -0.2) is 0 Å². The van der Waals surface area contributed by atoms with Crippen LogP contribution in [-0.2, 0) is 0 Å². The largest absolute Gasteiger partial charge is 0.395 e. The van der Waals surface area contributed by atoms with Gasteiger partial charge in [-0.1, -0.05) is 48.1 Å². The van der Waals surface area contributed by atoms with Gasteiger partial charge >= 0.3 is 0 Å². The Kier molecular flexibility index (Phi) is 6.30. The van der Waals surface area contributed by atoms with Gasteiger partial charge in [0.1, 0.15) is 0 Å². The Morgan fingerprint density at radius 3 is 2.65 bits per heavy atom. The van der Waals surface area contributed by atoms with Crippen LogP contribution in [0, 0.1) is 0 Å². The van der Waals surface area contributed by atoms with E-state index in [1.165, 1.54) is 11.1 Å². The van der Waals surface area contributed by atoms with Gasteiger partial charge in [-0.15, -0.1) is 6.58 Å². The molecule has 17 heavy (non-hydrogen) atoms. The summed E-state index contributed by atoms with van der Waals surface area (Å²) in [7, 11) is 0. The number of hydrogen-bond donors (Lipinski definition) is 1. The zero-order chi connectivity index (χ0) is 12.5. The molecule has 0 radical (unpaired) electrons. The van der Waals surface area contributed by atoms with Crippen molar-refractivity contribution >= 4 is 6.08 Å². The maximum Gasteiger partial charge on any atom is 0.0558 e. The smallest absolute Gasteiger partial charge is 0.0558 e. The minimum absolute atomic E-state index is 0.187. The lowest BCUT2D eigenvalue weighted by Gasteiger charge is -2.19. The van der Waals surface area contributed by atoms with Crippen LogP contribution in [0.3, 0.4) is 0 Å². The maximum absolute atomic E-state index is 8.97. The highest BCUT2D eigenvalue weighted by atomic mass is 16.3. The topological polar surface area (TPSA) is 23.5 Å². The zero-order valence-corrected chi connectivity index (χ0v) is 10.5. The SMILES string of the molecule is C=CCN(CCO)C/C(C)=C\c1ccccc1. The summed E-state index contributed by atoms with van der Waals surface area (Å²) in [4.78, 5) is 2.17. The van der Waals surface area contributed by atoms with Crippen LogP contribution in [0.4, 0.5) is 0 Å². The molecule has 0 bridgehead atoms. The van der Waals surface area contributed by atoms with Crippen LogP contribution in [0.15, 0.2) is 48.6 Å². The fourth-order valence-corrected chi connectivity index (χ4v) is 1.79. The van der Waals surface area contributed by atoms with Crippen molar-refractivity contribution in [2.24, 2.45) is 0 Å². The number of hydrogen-bond acceptors (Lipinski definition) is 2. The number of nitrogens with zero attached hydrogens (tertiary/aromatic N) is 1. The van der Waals surface area contributed by atoms with Crippen LogP contribution in [0.1, 0.15) is 12.5 Å². The second kappa shape index (κ2) is 7.82. The molecule has 0 aromatic heterocycles. The lowest BCUT2D eigenvalue weighted by atomic mass is 10.1. The summed E-state index contributed by atoms with van der Waals surface area (Å²) in [6.07, 6.45) is 4.04. The quantitative estimate of drug-likeness (QED) is 0.729. The van der Waals surface area contributed by atoms with E-state index in [-0.39, 0.29) is 6.61 Å². The van der Waals surface area contributed by atoms with Gasteiger partial charge in [0.05, 0.1) is 6.61 Å². The van der Waals surface area contributed by atoms with E-state index in [1.807, 2.05) is 24.3 Å². The average molecular weight is 231 g/mol. The van der Waals surface area contributed by atoms with Crippen LogP contribution in [-0.4, -0.2) is 36.2 Å². The lowest BCUT2D eigenvalue weighted by molar-refractivity contribution is 0.218. The Labute approximate surface area is 104 Å². The molecule has 0 unspecified atom stereocenters. The third-order valence-electron chi connectivity index (χ3n) is 2.49. The summed E-state index contributed by atoms with van der Waals surface area (Å²) in [5, 5.41) is 8.97. The van der Waals surface area contributed by atoms with Crippen LogP contribution < -0.4 is 0 Å². The molecule has 0 aliphatic rings. The molecule has 0 saturated carbocycles. The highest BCUT2D eigenvalue weighted by Crippen LogP contribution is 2.07. The van der Waals surface area contributed by atoms with Crippen LogP contribution in [0.5, 0.6) is 0 Å². The minimum Gasteiger partial charge on any atom is -0.395 e. The number of rotatable bonds is 7. The summed E-state index contributed by atoms with van der Waals surface area (Å²) < 4.78 is 0. The van der Waals surface area contributed by atoms with Crippen LogP contribution in [0.2, 0.25) is 0 Å². The molecule has 0 aliphatic carbocycles. The molecule has 1 rings (SSSR count). The predicted molar refractivity (Wildman–Crippen MR) is 73.8 cm³/mol. The van der Waals surface area contributed by atoms with E-state index in [0.717, 1.165) is 13.1 Å². The molecule has 0 aliphatic heterocycles. The zero-order valence-electron chi connectivity index (χ0n) is 10.5. The maximum atomic E-state index is 8.97. The molecule has 0 amide bonds. The molecule has 1 aromatic rings. The van der Waals surface area contributed by atoms with Crippen molar-refractivity contribution in [3.05, 3.63) is 54.1 Å². The van der Waals surface area contributed by atoms with Crippen molar-refractivity contribution in [3.8, 4) is 0 Å². The lowest BCUT2D eigenvalue weighted by Crippen LogP contribution is -2.28. The van der Waals surface area contributed by atoms with E-state index in [0.29, 0.717) is 6.54 Å². The first-order chi connectivity index (χ1) is 8.26. The van der Waals surface area contributed by atoms with Gasteiger partial charge in [-0.3, -0.25) is 4.90 Å². The summed E-state index contributed by atoms with van der Waals surface area (Å²) in [6, 6.07) is 10.3. The van der Waals surface area contributed by atoms with Crippen LogP contribution >= 0.6 is 0 Å². The summed E-state index contributed by atoms with van der Waals surface area (Å²) >= 11 is 0. The molecule has 0 atom stereocenters. The van der Waals surface area contributed by atoms with Gasteiger partial charge in [-0.05, 0) is 12.5 Å². The number of aliphatic hydroxyl groups is 1. The van der Waals surface area contributed by atoms with Crippen molar-refractivity contribution in [2.75, 3.05) is 26.2 Å². The van der Waals surface area contributed by atoms with Crippen molar-refractivity contribution < 1.29 is 5.11 Å². The Morgan fingerprint density at radius 1 is 1.35 bits per heavy atom. The molecular weight excluding hydrogens is 210 g/mol.